The summed E-state index contributed by atoms with van der Waals surface area (Å²) in [6, 6.07) is 12.3. The zero-order chi connectivity index (χ0) is 18.7. The summed E-state index contributed by atoms with van der Waals surface area (Å²) in [5.41, 5.74) is 1.51. The highest BCUT2D eigenvalue weighted by atomic mass is 19.4. The van der Waals surface area contributed by atoms with Crippen LogP contribution in [0.1, 0.15) is 15.9 Å². The van der Waals surface area contributed by atoms with E-state index in [0.29, 0.717) is 11.3 Å². The summed E-state index contributed by atoms with van der Waals surface area (Å²) in [7, 11) is 0. The fraction of sp³-hybridized carbons (Fsp3) is 0.222. The molecule has 0 saturated carbocycles. The number of halogens is 3. The number of fused-ring (bicyclic) bond motifs is 1. The number of carbonyl (C=O) groups is 2. The zero-order valence-electron chi connectivity index (χ0n) is 13.4. The molecule has 1 unspecified atom stereocenters. The van der Waals surface area contributed by atoms with Crippen molar-refractivity contribution in [2.45, 2.75) is 18.7 Å². The fourth-order valence-corrected chi connectivity index (χ4v) is 2.50. The second-order valence-corrected chi connectivity index (χ2v) is 5.67. The van der Waals surface area contributed by atoms with E-state index < -0.39 is 30.8 Å². The van der Waals surface area contributed by atoms with E-state index in [2.05, 4.69) is 10.1 Å². The first-order chi connectivity index (χ1) is 12.3. The summed E-state index contributed by atoms with van der Waals surface area (Å²) >= 11 is 0. The van der Waals surface area contributed by atoms with Crippen LogP contribution < -0.4 is 10.1 Å². The number of rotatable bonds is 4. The molecule has 1 heterocycles. The largest absolute Gasteiger partial charge is 0.484 e. The average molecular weight is 365 g/mol. The quantitative estimate of drug-likeness (QED) is 0.844. The number of benzene rings is 2. The van der Waals surface area contributed by atoms with Crippen molar-refractivity contribution in [3.05, 3.63) is 59.7 Å². The molecular weight excluding hydrogens is 351 g/mol. The van der Waals surface area contributed by atoms with Gasteiger partial charge in [-0.05, 0) is 35.9 Å². The molecular formula is C18H14F3NO4. The van der Waals surface area contributed by atoms with Crippen molar-refractivity contribution in [3.8, 4) is 5.75 Å². The minimum Gasteiger partial charge on any atom is -0.484 e. The molecule has 0 radical (unpaired) electrons. The Morgan fingerprint density at radius 3 is 2.54 bits per heavy atom. The number of ether oxygens (including phenoxy) is 2. The number of alkyl halides is 3. The van der Waals surface area contributed by atoms with E-state index in [1.165, 1.54) is 24.3 Å². The van der Waals surface area contributed by atoms with Crippen LogP contribution in [0.15, 0.2) is 48.5 Å². The van der Waals surface area contributed by atoms with E-state index in [1.807, 2.05) is 0 Å². The van der Waals surface area contributed by atoms with E-state index in [4.69, 9.17) is 4.74 Å². The molecule has 1 amide bonds. The van der Waals surface area contributed by atoms with Crippen LogP contribution in [0.4, 0.5) is 18.9 Å². The van der Waals surface area contributed by atoms with Gasteiger partial charge >= 0.3 is 12.1 Å². The van der Waals surface area contributed by atoms with Gasteiger partial charge in [-0.1, -0.05) is 18.2 Å². The van der Waals surface area contributed by atoms with Gasteiger partial charge in [-0.15, -0.1) is 0 Å². The van der Waals surface area contributed by atoms with Gasteiger partial charge in [-0.2, -0.15) is 13.2 Å². The van der Waals surface area contributed by atoms with Gasteiger partial charge in [0, 0.05) is 12.1 Å². The van der Waals surface area contributed by atoms with Crippen LogP contribution in [0.5, 0.6) is 5.75 Å². The lowest BCUT2D eigenvalue weighted by molar-refractivity contribution is -0.153. The smallest absolute Gasteiger partial charge is 0.422 e. The lowest BCUT2D eigenvalue weighted by Gasteiger charge is -2.23. The third kappa shape index (κ3) is 4.33. The van der Waals surface area contributed by atoms with Crippen molar-refractivity contribution in [2.75, 3.05) is 11.9 Å². The molecule has 1 atom stereocenters. The molecule has 0 aliphatic carbocycles. The number of hydrogen-bond acceptors (Lipinski definition) is 4. The molecule has 0 aromatic heterocycles. The molecule has 1 aliphatic rings. The lowest BCUT2D eigenvalue weighted by atomic mass is 9.98. The third-order valence-corrected chi connectivity index (χ3v) is 3.71. The molecule has 0 bridgehead atoms. The molecule has 2 aromatic carbocycles. The highest BCUT2D eigenvalue weighted by Gasteiger charge is 2.31. The van der Waals surface area contributed by atoms with Gasteiger partial charge in [0.15, 0.2) is 12.7 Å². The first-order valence-electron chi connectivity index (χ1n) is 7.71. The van der Waals surface area contributed by atoms with Crippen LogP contribution in [-0.4, -0.2) is 30.8 Å². The predicted octanol–water partition coefficient (Wildman–Crippen LogP) is 3.35. The SMILES string of the molecule is O=C1OC(C(=O)Nc2ccc(OCC(F)(F)F)cc2)Cc2ccccc21. The molecule has 3 rings (SSSR count). The van der Waals surface area contributed by atoms with Crippen molar-refractivity contribution in [1.29, 1.82) is 0 Å². The molecule has 1 aliphatic heterocycles. The third-order valence-electron chi connectivity index (χ3n) is 3.71. The Labute approximate surface area is 146 Å². The maximum absolute atomic E-state index is 12.3. The van der Waals surface area contributed by atoms with Crippen molar-refractivity contribution in [1.82, 2.24) is 0 Å². The average Bonchev–Trinajstić information content (AvgIpc) is 2.60. The Morgan fingerprint density at radius 2 is 1.85 bits per heavy atom. The Morgan fingerprint density at radius 1 is 1.15 bits per heavy atom. The van der Waals surface area contributed by atoms with Crippen LogP contribution >= 0.6 is 0 Å². The second-order valence-electron chi connectivity index (χ2n) is 5.67. The Hall–Kier alpha value is -3.03. The van der Waals surface area contributed by atoms with Crippen LogP contribution in [-0.2, 0) is 16.0 Å². The summed E-state index contributed by atoms with van der Waals surface area (Å²) in [5, 5.41) is 2.57. The molecule has 2 aromatic rings. The van der Waals surface area contributed by atoms with E-state index in [1.54, 1.807) is 24.3 Å². The number of carbonyl (C=O) groups excluding carboxylic acids is 2. The van der Waals surface area contributed by atoms with E-state index in [-0.39, 0.29) is 12.2 Å². The summed E-state index contributed by atoms with van der Waals surface area (Å²) in [5.74, 6) is -1.06. The predicted molar refractivity (Wildman–Crippen MR) is 86.0 cm³/mol. The van der Waals surface area contributed by atoms with Gasteiger partial charge in [0.1, 0.15) is 5.75 Å². The summed E-state index contributed by atoms with van der Waals surface area (Å²) in [6.07, 6.45) is -5.15. The normalized spacial score (nSPS) is 16.4. The van der Waals surface area contributed by atoms with E-state index >= 15 is 0 Å². The summed E-state index contributed by atoms with van der Waals surface area (Å²) in [4.78, 5) is 24.2. The first kappa shape index (κ1) is 17.8. The molecule has 136 valence electrons. The first-order valence-corrected chi connectivity index (χ1v) is 7.71. The minimum absolute atomic E-state index is 0.0262. The van der Waals surface area contributed by atoms with Crippen molar-refractivity contribution < 1.29 is 32.2 Å². The number of cyclic esters (lactones) is 1. The number of amides is 1. The Balaban J connectivity index is 1.61. The maximum Gasteiger partial charge on any atom is 0.422 e. The van der Waals surface area contributed by atoms with Crippen LogP contribution in [0, 0.1) is 0 Å². The highest BCUT2D eigenvalue weighted by molar-refractivity contribution is 6.00. The van der Waals surface area contributed by atoms with Crippen molar-refractivity contribution in [2.24, 2.45) is 0 Å². The molecule has 0 fully saturated rings. The molecule has 5 nitrogen and oxygen atoms in total. The fourth-order valence-electron chi connectivity index (χ4n) is 2.50. The number of anilines is 1. The van der Waals surface area contributed by atoms with Crippen LogP contribution in [0.25, 0.3) is 0 Å². The molecule has 8 heteroatoms. The zero-order valence-corrected chi connectivity index (χ0v) is 13.4. The number of hydrogen-bond donors (Lipinski definition) is 1. The van der Waals surface area contributed by atoms with Gasteiger partial charge < -0.3 is 14.8 Å². The summed E-state index contributed by atoms with van der Waals surface area (Å²) < 4.78 is 46.1. The monoisotopic (exact) mass is 365 g/mol. The Bertz CT molecular complexity index is 818. The topological polar surface area (TPSA) is 64.6 Å². The minimum atomic E-state index is -4.42. The van der Waals surface area contributed by atoms with Crippen LogP contribution in [0.3, 0.4) is 0 Å². The highest BCUT2D eigenvalue weighted by Crippen LogP contribution is 2.23. The van der Waals surface area contributed by atoms with E-state index in [9.17, 15) is 22.8 Å². The lowest BCUT2D eigenvalue weighted by Crippen LogP contribution is -2.37. The summed E-state index contributed by atoms with van der Waals surface area (Å²) in [6.45, 7) is -1.39. The molecule has 1 N–H and O–H groups in total. The van der Waals surface area contributed by atoms with E-state index in [0.717, 1.165) is 5.56 Å². The second kappa shape index (κ2) is 7.07. The van der Waals surface area contributed by atoms with Gasteiger partial charge in [-0.3, -0.25) is 4.79 Å². The van der Waals surface area contributed by atoms with Crippen molar-refractivity contribution in [3.63, 3.8) is 0 Å². The maximum atomic E-state index is 12.3. The molecule has 26 heavy (non-hydrogen) atoms. The van der Waals surface area contributed by atoms with Crippen LogP contribution in [0.2, 0.25) is 0 Å². The van der Waals surface area contributed by atoms with Gasteiger partial charge in [-0.25, -0.2) is 4.79 Å². The number of esters is 1. The Kier molecular flexibility index (Phi) is 4.83. The number of nitrogens with one attached hydrogen (secondary N) is 1. The van der Waals surface area contributed by atoms with Gasteiger partial charge in [0.2, 0.25) is 0 Å². The van der Waals surface area contributed by atoms with Crippen molar-refractivity contribution >= 4 is 17.6 Å². The van der Waals surface area contributed by atoms with Gasteiger partial charge in [0.05, 0.1) is 5.56 Å². The molecule has 0 saturated heterocycles. The molecule has 0 spiro atoms. The standard InChI is InChI=1S/C18H14F3NO4/c19-18(20,21)10-25-13-7-5-12(6-8-13)22-16(23)15-9-11-3-1-2-4-14(11)17(24)26-15/h1-8,15H,9-10H2,(H,22,23). The van der Waals surface area contributed by atoms with Gasteiger partial charge in [0.25, 0.3) is 5.91 Å².